The van der Waals surface area contributed by atoms with E-state index in [2.05, 4.69) is 58.2 Å². The van der Waals surface area contributed by atoms with Crippen molar-refractivity contribution in [2.75, 3.05) is 24.5 Å². The zero-order chi connectivity index (χ0) is 11.5. The van der Waals surface area contributed by atoms with Crippen LogP contribution in [0, 0.1) is 0 Å². The van der Waals surface area contributed by atoms with Crippen molar-refractivity contribution < 1.29 is 0 Å². The van der Waals surface area contributed by atoms with E-state index >= 15 is 0 Å². The van der Waals surface area contributed by atoms with Crippen molar-refractivity contribution in [3.8, 4) is 0 Å². The fourth-order valence-corrected chi connectivity index (χ4v) is 2.71. The minimum atomic E-state index is 0.585. The highest BCUT2D eigenvalue weighted by Gasteiger charge is 2.17. The van der Waals surface area contributed by atoms with Crippen molar-refractivity contribution in [2.45, 2.75) is 26.3 Å². The number of hydrogen-bond donors (Lipinski definition) is 1. The van der Waals surface area contributed by atoms with Crippen LogP contribution in [0.25, 0.3) is 0 Å². The summed E-state index contributed by atoms with van der Waals surface area (Å²) in [6.45, 7) is 7.77. The summed E-state index contributed by atoms with van der Waals surface area (Å²) in [7, 11) is 0. The number of rotatable bonds is 2. The van der Waals surface area contributed by atoms with Gasteiger partial charge in [-0.3, -0.25) is 0 Å². The van der Waals surface area contributed by atoms with Crippen LogP contribution in [0.1, 0.15) is 19.4 Å². The number of hydrogen-bond acceptors (Lipinski definition) is 2. The van der Waals surface area contributed by atoms with E-state index in [4.69, 9.17) is 0 Å². The molecule has 3 heteroatoms. The van der Waals surface area contributed by atoms with Gasteiger partial charge in [0, 0.05) is 35.8 Å². The summed E-state index contributed by atoms with van der Waals surface area (Å²) >= 11 is 3.54. The molecule has 0 bridgehead atoms. The number of anilines is 1. The summed E-state index contributed by atoms with van der Waals surface area (Å²) in [4.78, 5) is 2.49. The Hall–Kier alpha value is -0.540. The predicted octanol–water partition coefficient (Wildman–Crippen LogP) is 2.81. The molecule has 1 N–H and O–H groups in total. The molecule has 1 atom stereocenters. The summed E-state index contributed by atoms with van der Waals surface area (Å²) in [5.41, 5.74) is 2.84. The largest absolute Gasteiger partial charge is 0.368 e. The van der Waals surface area contributed by atoms with Gasteiger partial charge in [-0.25, -0.2) is 0 Å². The van der Waals surface area contributed by atoms with Crippen molar-refractivity contribution >= 4 is 21.6 Å². The number of piperazine rings is 1. The molecule has 0 radical (unpaired) electrons. The molecule has 1 unspecified atom stereocenters. The average Bonchev–Trinajstić information content (AvgIpc) is 2.28. The van der Waals surface area contributed by atoms with E-state index in [9.17, 15) is 0 Å². The lowest BCUT2D eigenvalue weighted by molar-refractivity contribution is 0.484. The molecule has 0 aliphatic carbocycles. The SMILES string of the molecule is CCc1cc(Br)ccc1N1CCNC(C)C1. The Morgan fingerprint density at radius 2 is 2.31 bits per heavy atom. The second-order valence-corrected chi connectivity index (χ2v) is 5.34. The Morgan fingerprint density at radius 1 is 1.50 bits per heavy atom. The first kappa shape index (κ1) is 11.9. The minimum Gasteiger partial charge on any atom is -0.368 e. The maximum Gasteiger partial charge on any atom is 0.0400 e. The fraction of sp³-hybridized carbons (Fsp3) is 0.538. The molecule has 1 fully saturated rings. The van der Waals surface area contributed by atoms with Crippen LogP contribution < -0.4 is 10.2 Å². The summed E-state index contributed by atoms with van der Waals surface area (Å²) in [6.07, 6.45) is 1.09. The molecule has 2 nitrogen and oxygen atoms in total. The van der Waals surface area contributed by atoms with Crippen molar-refractivity contribution in [3.05, 3.63) is 28.2 Å². The van der Waals surface area contributed by atoms with Crippen molar-refractivity contribution in [3.63, 3.8) is 0 Å². The van der Waals surface area contributed by atoms with Gasteiger partial charge in [-0.1, -0.05) is 22.9 Å². The Labute approximate surface area is 106 Å². The molecule has 0 aromatic heterocycles. The van der Waals surface area contributed by atoms with Crippen LogP contribution in [0.4, 0.5) is 5.69 Å². The van der Waals surface area contributed by atoms with E-state index in [0.717, 1.165) is 26.1 Å². The molecule has 1 aliphatic heterocycles. The molecule has 1 aromatic carbocycles. The lowest BCUT2D eigenvalue weighted by Gasteiger charge is -2.35. The molecule has 1 aliphatic rings. The predicted molar refractivity (Wildman–Crippen MR) is 73.2 cm³/mol. The Bertz CT molecular complexity index is 365. The maximum absolute atomic E-state index is 3.54. The molecule has 88 valence electrons. The van der Waals surface area contributed by atoms with Crippen LogP contribution in [-0.2, 0) is 6.42 Å². The van der Waals surface area contributed by atoms with Crippen LogP contribution in [-0.4, -0.2) is 25.7 Å². The van der Waals surface area contributed by atoms with E-state index in [1.54, 1.807) is 0 Å². The van der Waals surface area contributed by atoms with Gasteiger partial charge in [0.05, 0.1) is 0 Å². The van der Waals surface area contributed by atoms with Gasteiger partial charge in [0.15, 0.2) is 0 Å². The summed E-state index contributed by atoms with van der Waals surface area (Å²) < 4.78 is 1.18. The molecule has 0 amide bonds. The number of aryl methyl sites for hydroxylation is 1. The van der Waals surface area contributed by atoms with E-state index < -0.39 is 0 Å². The third-order valence-corrected chi connectivity index (χ3v) is 3.63. The topological polar surface area (TPSA) is 15.3 Å². The molecular weight excluding hydrogens is 264 g/mol. The molecule has 1 aromatic rings. The number of nitrogens with one attached hydrogen (secondary N) is 1. The normalized spacial score (nSPS) is 21.2. The van der Waals surface area contributed by atoms with E-state index in [1.807, 2.05) is 0 Å². The highest BCUT2D eigenvalue weighted by molar-refractivity contribution is 9.10. The zero-order valence-electron chi connectivity index (χ0n) is 9.96. The van der Waals surface area contributed by atoms with Crippen LogP contribution >= 0.6 is 15.9 Å². The maximum atomic E-state index is 3.54. The van der Waals surface area contributed by atoms with E-state index in [-0.39, 0.29) is 0 Å². The lowest BCUT2D eigenvalue weighted by Crippen LogP contribution is -2.49. The number of halogens is 1. The molecule has 1 heterocycles. The highest BCUT2D eigenvalue weighted by atomic mass is 79.9. The van der Waals surface area contributed by atoms with Gasteiger partial charge in [0.25, 0.3) is 0 Å². The van der Waals surface area contributed by atoms with Gasteiger partial charge in [0.2, 0.25) is 0 Å². The van der Waals surface area contributed by atoms with Gasteiger partial charge in [-0.2, -0.15) is 0 Å². The first-order chi connectivity index (χ1) is 7.70. The smallest absolute Gasteiger partial charge is 0.0400 e. The average molecular weight is 283 g/mol. The first-order valence-corrected chi connectivity index (χ1v) is 6.76. The van der Waals surface area contributed by atoms with Crippen LogP contribution in [0.15, 0.2) is 22.7 Å². The van der Waals surface area contributed by atoms with Crippen molar-refractivity contribution in [2.24, 2.45) is 0 Å². The van der Waals surface area contributed by atoms with Crippen molar-refractivity contribution in [1.29, 1.82) is 0 Å². The van der Waals surface area contributed by atoms with Gasteiger partial charge >= 0.3 is 0 Å². The van der Waals surface area contributed by atoms with Crippen LogP contribution in [0.2, 0.25) is 0 Å². The summed E-state index contributed by atoms with van der Waals surface area (Å²) in [6, 6.07) is 7.20. The van der Waals surface area contributed by atoms with E-state index in [1.165, 1.54) is 15.7 Å². The van der Waals surface area contributed by atoms with E-state index in [0.29, 0.717) is 6.04 Å². The minimum absolute atomic E-state index is 0.585. The third-order valence-electron chi connectivity index (χ3n) is 3.13. The van der Waals surface area contributed by atoms with Crippen LogP contribution in [0.3, 0.4) is 0 Å². The van der Waals surface area contributed by atoms with Gasteiger partial charge in [-0.05, 0) is 37.1 Å². The molecule has 1 saturated heterocycles. The van der Waals surface area contributed by atoms with Crippen LogP contribution in [0.5, 0.6) is 0 Å². The molecular formula is C13H19BrN2. The third kappa shape index (κ3) is 2.58. The summed E-state index contributed by atoms with van der Waals surface area (Å²) in [5.74, 6) is 0. The standard InChI is InChI=1S/C13H19BrN2/c1-3-11-8-12(14)4-5-13(11)16-7-6-15-10(2)9-16/h4-5,8,10,15H,3,6-7,9H2,1-2H3. The summed E-state index contributed by atoms with van der Waals surface area (Å²) in [5, 5.41) is 3.48. The highest BCUT2D eigenvalue weighted by Crippen LogP contribution is 2.25. The van der Waals surface area contributed by atoms with Gasteiger partial charge in [-0.15, -0.1) is 0 Å². The second kappa shape index (κ2) is 5.19. The molecule has 2 rings (SSSR count). The number of nitrogens with zero attached hydrogens (tertiary/aromatic N) is 1. The zero-order valence-corrected chi connectivity index (χ0v) is 11.5. The monoisotopic (exact) mass is 282 g/mol. The van der Waals surface area contributed by atoms with Crippen molar-refractivity contribution in [1.82, 2.24) is 5.32 Å². The lowest BCUT2D eigenvalue weighted by atomic mass is 10.1. The van der Waals surface area contributed by atoms with Gasteiger partial charge in [0.1, 0.15) is 0 Å². The number of benzene rings is 1. The Kier molecular flexibility index (Phi) is 3.87. The Morgan fingerprint density at radius 3 is 3.00 bits per heavy atom. The molecule has 0 saturated carbocycles. The second-order valence-electron chi connectivity index (χ2n) is 4.43. The molecule has 16 heavy (non-hydrogen) atoms. The van der Waals surface area contributed by atoms with Gasteiger partial charge < -0.3 is 10.2 Å². The first-order valence-electron chi connectivity index (χ1n) is 5.97. The Balaban J connectivity index is 2.24. The fourth-order valence-electron chi connectivity index (χ4n) is 2.30. The quantitative estimate of drug-likeness (QED) is 0.898. The molecule has 0 spiro atoms.